The molecule has 0 spiro atoms. The molecule has 0 aromatic carbocycles. The number of methoxy groups -OCH3 is 1. The molecule has 0 saturated heterocycles. The monoisotopic (exact) mass is 258 g/mol. The second kappa shape index (κ2) is 6.49. The van der Waals surface area contributed by atoms with E-state index in [-0.39, 0.29) is 35.6 Å². The number of halogens is 1. The van der Waals surface area contributed by atoms with E-state index in [0.29, 0.717) is 0 Å². The summed E-state index contributed by atoms with van der Waals surface area (Å²) in [4.78, 5) is 11.9. The fourth-order valence-electron chi connectivity index (χ4n) is 1.35. The van der Waals surface area contributed by atoms with Gasteiger partial charge >= 0.3 is 0 Å². The summed E-state index contributed by atoms with van der Waals surface area (Å²) in [6.07, 6.45) is 0. The van der Waals surface area contributed by atoms with Gasteiger partial charge in [0.05, 0.1) is 5.56 Å². The van der Waals surface area contributed by atoms with E-state index in [1.54, 1.807) is 0 Å². The number of carbonyl (C=O) groups is 1. The van der Waals surface area contributed by atoms with Crippen molar-refractivity contribution in [2.45, 2.75) is 40.1 Å². The average molecular weight is 258 g/mol. The number of ether oxygens (including phenoxy) is 1. The standard InChI is InChI=1S/C12H19FN2O3/c1-7(2)8(3)14-12(16)11-9(5-13)10(6-17-4)18-15-11/h7-8H,5-6H2,1-4H3,(H,14,16). The molecule has 1 aromatic heterocycles. The molecule has 1 aromatic rings. The highest BCUT2D eigenvalue weighted by molar-refractivity contribution is 5.93. The molecule has 0 aliphatic carbocycles. The number of amides is 1. The van der Waals surface area contributed by atoms with Crippen molar-refractivity contribution in [1.82, 2.24) is 10.5 Å². The van der Waals surface area contributed by atoms with Gasteiger partial charge < -0.3 is 14.6 Å². The summed E-state index contributed by atoms with van der Waals surface area (Å²) in [5.74, 6) is 0.116. The first-order valence-electron chi connectivity index (χ1n) is 5.84. The van der Waals surface area contributed by atoms with Crippen LogP contribution in [0.3, 0.4) is 0 Å². The van der Waals surface area contributed by atoms with Gasteiger partial charge in [0, 0.05) is 13.2 Å². The minimum absolute atomic E-state index is 0.00273. The number of alkyl halides is 1. The predicted molar refractivity (Wildman–Crippen MR) is 63.8 cm³/mol. The van der Waals surface area contributed by atoms with Gasteiger partial charge in [-0.05, 0) is 12.8 Å². The maximum absolute atomic E-state index is 12.9. The van der Waals surface area contributed by atoms with Gasteiger partial charge in [-0.25, -0.2) is 4.39 Å². The van der Waals surface area contributed by atoms with E-state index in [2.05, 4.69) is 10.5 Å². The zero-order valence-electron chi connectivity index (χ0n) is 11.1. The van der Waals surface area contributed by atoms with E-state index in [9.17, 15) is 9.18 Å². The van der Waals surface area contributed by atoms with E-state index < -0.39 is 12.6 Å². The van der Waals surface area contributed by atoms with Crippen molar-refractivity contribution < 1.29 is 18.4 Å². The Labute approximate surface area is 106 Å². The molecule has 0 fully saturated rings. The fraction of sp³-hybridized carbons (Fsp3) is 0.667. The molecule has 6 heteroatoms. The summed E-state index contributed by atoms with van der Waals surface area (Å²) < 4.78 is 22.7. The van der Waals surface area contributed by atoms with Crippen LogP contribution in [0.4, 0.5) is 4.39 Å². The third-order valence-electron chi connectivity index (χ3n) is 2.85. The number of rotatable bonds is 6. The quantitative estimate of drug-likeness (QED) is 0.848. The van der Waals surface area contributed by atoms with Crippen LogP contribution in [-0.4, -0.2) is 24.2 Å². The molecule has 1 rings (SSSR count). The van der Waals surface area contributed by atoms with Gasteiger partial charge in [-0.2, -0.15) is 0 Å². The summed E-state index contributed by atoms with van der Waals surface area (Å²) in [6.45, 7) is 5.15. The molecule has 0 radical (unpaired) electrons. The van der Waals surface area contributed by atoms with Crippen molar-refractivity contribution in [3.63, 3.8) is 0 Å². The Kier molecular flexibility index (Phi) is 5.27. The van der Waals surface area contributed by atoms with Crippen LogP contribution in [0.15, 0.2) is 4.52 Å². The Bertz CT molecular complexity index is 404. The highest BCUT2D eigenvalue weighted by Crippen LogP contribution is 2.17. The summed E-state index contributed by atoms with van der Waals surface area (Å²) in [5, 5.41) is 6.37. The molecular weight excluding hydrogens is 239 g/mol. The normalized spacial score (nSPS) is 12.8. The molecule has 0 aliphatic rings. The summed E-state index contributed by atoms with van der Waals surface area (Å²) in [7, 11) is 1.46. The number of hydrogen-bond donors (Lipinski definition) is 1. The smallest absolute Gasteiger partial charge is 0.274 e. The lowest BCUT2D eigenvalue weighted by molar-refractivity contribution is 0.0919. The van der Waals surface area contributed by atoms with Gasteiger partial charge in [-0.15, -0.1) is 0 Å². The Morgan fingerprint density at radius 3 is 2.67 bits per heavy atom. The van der Waals surface area contributed by atoms with Crippen LogP contribution in [-0.2, 0) is 18.0 Å². The highest BCUT2D eigenvalue weighted by Gasteiger charge is 2.23. The zero-order chi connectivity index (χ0) is 13.7. The number of aromatic nitrogens is 1. The third kappa shape index (κ3) is 3.29. The number of nitrogens with zero attached hydrogens (tertiary/aromatic N) is 1. The minimum atomic E-state index is -0.805. The third-order valence-corrected chi connectivity index (χ3v) is 2.85. The largest absolute Gasteiger partial charge is 0.377 e. The Balaban J connectivity index is 2.85. The van der Waals surface area contributed by atoms with E-state index in [0.717, 1.165) is 0 Å². The van der Waals surface area contributed by atoms with Crippen molar-refractivity contribution in [2.24, 2.45) is 5.92 Å². The van der Waals surface area contributed by atoms with Gasteiger partial charge in [0.25, 0.3) is 5.91 Å². The molecule has 102 valence electrons. The van der Waals surface area contributed by atoms with Crippen LogP contribution in [0.25, 0.3) is 0 Å². The molecule has 1 unspecified atom stereocenters. The van der Waals surface area contributed by atoms with E-state index in [1.807, 2.05) is 20.8 Å². The Morgan fingerprint density at radius 2 is 2.17 bits per heavy atom. The average Bonchev–Trinajstić information content (AvgIpc) is 2.72. The van der Waals surface area contributed by atoms with Gasteiger partial charge in [0.2, 0.25) is 0 Å². The van der Waals surface area contributed by atoms with Crippen LogP contribution in [0.5, 0.6) is 0 Å². The first kappa shape index (κ1) is 14.6. The van der Waals surface area contributed by atoms with Crippen LogP contribution >= 0.6 is 0 Å². The Hall–Kier alpha value is -1.43. The fourth-order valence-corrected chi connectivity index (χ4v) is 1.35. The maximum atomic E-state index is 12.9. The predicted octanol–water partition coefficient (Wildman–Crippen LogP) is 2.06. The molecule has 1 heterocycles. The molecule has 0 bridgehead atoms. The van der Waals surface area contributed by atoms with Gasteiger partial charge in [0.1, 0.15) is 13.3 Å². The number of carbonyl (C=O) groups excluding carboxylic acids is 1. The maximum Gasteiger partial charge on any atom is 0.274 e. The molecule has 0 saturated carbocycles. The van der Waals surface area contributed by atoms with Crippen LogP contribution < -0.4 is 5.32 Å². The van der Waals surface area contributed by atoms with Crippen molar-refractivity contribution in [1.29, 1.82) is 0 Å². The van der Waals surface area contributed by atoms with Crippen molar-refractivity contribution >= 4 is 5.91 Å². The van der Waals surface area contributed by atoms with E-state index >= 15 is 0 Å². The van der Waals surface area contributed by atoms with Crippen molar-refractivity contribution in [3.05, 3.63) is 17.0 Å². The molecule has 1 N–H and O–H groups in total. The van der Waals surface area contributed by atoms with Crippen molar-refractivity contribution in [3.8, 4) is 0 Å². The van der Waals surface area contributed by atoms with Crippen LogP contribution in [0.1, 0.15) is 42.6 Å². The Morgan fingerprint density at radius 1 is 1.50 bits per heavy atom. The highest BCUT2D eigenvalue weighted by atomic mass is 19.1. The lowest BCUT2D eigenvalue weighted by Gasteiger charge is -2.16. The number of nitrogens with one attached hydrogen (secondary N) is 1. The summed E-state index contributed by atoms with van der Waals surface area (Å²) in [5.41, 5.74) is 0.155. The summed E-state index contributed by atoms with van der Waals surface area (Å²) >= 11 is 0. The van der Waals surface area contributed by atoms with E-state index in [4.69, 9.17) is 9.26 Å². The molecular formula is C12H19FN2O3. The molecule has 0 aliphatic heterocycles. The van der Waals surface area contributed by atoms with Crippen LogP contribution in [0, 0.1) is 5.92 Å². The molecule has 1 atom stereocenters. The SMILES string of the molecule is COCc1onc(C(=O)NC(C)C(C)C)c1CF. The van der Waals surface area contributed by atoms with Gasteiger partial charge in [-0.3, -0.25) is 4.79 Å². The van der Waals surface area contributed by atoms with Crippen LogP contribution in [0.2, 0.25) is 0 Å². The number of hydrogen-bond acceptors (Lipinski definition) is 4. The first-order valence-corrected chi connectivity index (χ1v) is 5.84. The summed E-state index contributed by atoms with van der Waals surface area (Å²) in [6, 6.07) is -0.0208. The lowest BCUT2D eigenvalue weighted by Crippen LogP contribution is -2.36. The van der Waals surface area contributed by atoms with Gasteiger partial charge in [-0.1, -0.05) is 19.0 Å². The first-order chi connectivity index (χ1) is 8.51. The van der Waals surface area contributed by atoms with Gasteiger partial charge in [0.15, 0.2) is 11.5 Å². The molecule has 18 heavy (non-hydrogen) atoms. The second-order valence-electron chi connectivity index (χ2n) is 4.51. The lowest BCUT2D eigenvalue weighted by atomic mass is 10.1. The topological polar surface area (TPSA) is 64.4 Å². The zero-order valence-corrected chi connectivity index (χ0v) is 11.1. The van der Waals surface area contributed by atoms with E-state index in [1.165, 1.54) is 7.11 Å². The van der Waals surface area contributed by atoms with Crippen molar-refractivity contribution in [2.75, 3.05) is 7.11 Å². The molecule has 5 nitrogen and oxygen atoms in total. The second-order valence-corrected chi connectivity index (χ2v) is 4.51. The molecule has 1 amide bonds. The minimum Gasteiger partial charge on any atom is -0.377 e.